The van der Waals surface area contributed by atoms with Crippen LogP contribution in [0.1, 0.15) is 28.9 Å². The van der Waals surface area contributed by atoms with Gasteiger partial charge in [-0.3, -0.25) is 9.78 Å². The quantitative estimate of drug-likeness (QED) is 0.874. The topological polar surface area (TPSA) is 88.2 Å². The second-order valence-corrected chi connectivity index (χ2v) is 6.44. The molecule has 0 aliphatic heterocycles. The molecule has 0 bridgehead atoms. The molecule has 116 valence electrons. The van der Waals surface area contributed by atoms with Crippen molar-refractivity contribution in [2.45, 2.75) is 17.9 Å². The van der Waals surface area contributed by atoms with Gasteiger partial charge in [0.2, 0.25) is 10.0 Å². The van der Waals surface area contributed by atoms with Crippen LogP contribution in [0.3, 0.4) is 0 Å². The van der Waals surface area contributed by atoms with Gasteiger partial charge in [0.05, 0.1) is 4.90 Å². The van der Waals surface area contributed by atoms with Crippen LogP contribution in [0.15, 0.2) is 53.7 Å². The Kier molecular flexibility index (Phi) is 4.89. The van der Waals surface area contributed by atoms with E-state index in [9.17, 15) is 13.2 Å². The molecule has 0 saturated heterocycles. The van der Waals surface area contributed by atoms with Gasteiger partial charge in [0.1, 0.15) is 0 Å². The first kappa shape index (κ1) is 16.1. The average Bonchev–Trinajstić information content (AvgIpc) is 2.54. The molecule has 1 atom stereocenters. The number of sulfonamides is 1. The summed E-state index contributed by atoms with van der Waals surface area (Å²) in [7, 11) is -2.14. The largest absolute Gasteiger partial charge is 0.355 e. The molecule has 2 N–H and O–H groups in total. The van der Waals surface area contributed by atoms with E-state index in [0.29, 0.717) is 5.56 Å². The molecule has 22 heavy (non-hydrogen) atoms. The molecule has 2 rings (SSSR count). The van der Waals surface area contributed by atoms with Crippen LogP contribution in [0.4, 0.5) is 0 Å². The Morgan fingerprint density at radius 1 is 1.09 bits per heavy atom. The van der Waals surface area contributed by atoms with Crippen LogP contribution < -0.4 is 10.0 Å². The zero-order valence-electron chi connectivity index (χ0n) is 12.3. The molecular formula is C15H17N3O3S. The summed E-state index contributed by atoms with van der Waals surface area (Å²) >= 11 is 0. The van der Waals surface area contributed by atoms with Crippen LogP contribution in [0.25, 0.3) is 0 Å². The van der Waals surface area contributed by atoms with E-state index in [1.165, 1.54) is 31.3 Å². The molecule has 2 aromatic rings. The first-order valence-electron chi connectivity index (χ1n) is 6.68. The molecule has 1 aromatic heterocycles. The van der Waals surface area contributed by atoms with E-state index >= 15 is 0 Å². The van der Waals surface area contributed by atoms with Crippen molar-refractivity contribution in [3.8, 4) is 0 Å². The van der Waals surface area contributed by atoms with E-state index in [1.807, 2.05) is 0 Å². The van der Waals surface area contributed by atoms with Crippen LogP contribution in [0, 0.1) is 0 Å². The van der Waals surface area contributed by atoms with Crippen molar-refractivity contribution in [3.63, 3.8) is 0 Å². The number of carbonyl (C=O) groups excluding carboxylic acids is 1. The first-order valence-corrected chi connectivity index (χ1v) is 8.17. The van der Waals surface area contributed by atoms with Gasteiger partial charge in [-0.05, 0) is 48.9 Å². The number of pyridine rings is 1. The van der Waals surface area contributed by atoms with Crippen molar-refractivity contribution in [3.05, 3.63) is 59.9 Å². The van der Waals surface area contributed by atoms with Gasteiger partial charge >= 0.3 is 0 Å². The zero-order chi connectivity index (χ0) is 16.2. The monoisotopic (exact) mass is 319 g/mol. The van der Waals surface area contributed by atoms with E-state index in [1.54, 1.807) is 31.5 Å². The zero-order valence-corrected chi connectivity index (χ0v) is 13.1. The number of aromatic nitrogens is 1. The molecule has 1 amide bonds. The maximum atomic E-state index is 12.3. The molecular weight excluding hydrogens is 302 g/mol. The Bertz CT molecular complexity index is 743. The fourth-order valence-electron chi connectivity index (χ4n) is 1.95. The van der Waals surface area contributed by atoms with Crippen LogP contribution in [0.5, 0.6) is 0 Å². The smallest absolute Gasteiger partial charge is 0.251 e. The fraction of sp³-hybridized carbons (Fsp3) is 0.200. The van der Waals surface area contributed by atoms with E-state index in [4.69, 9.17) is 0 Å². The maximum absolute atomic E-state index is 12.3. The molecule has 0 saturated carbocycles. The Morgan fingerprint density at radius 2 is 1.68 bits per heavy atom. The number of amides is 1. The summed E-state index contributed by atoms with van der Waals surface area (Å²) in [5, 5.41) is 2.48. The van der Waals surface area contributed by atoms with Crippen LogP contribution >= 0.6 is 0 Å². The van der Waals surface area contributed by atoms with Crippen molar-refractivity contribution in [1.82, 2.24) is 15.0 Å². The third kappa shape index (κ3) is 3.69. The highest BCUT2D eigenvalue weighted by Gasteiger charge is 2.18. The fourth-order valence-corrected chi connectivity index (χ4v) is 3.18. The van der Waals surface area contributed by atoms with Crippen LogP contribution in [-0.2, 0) is 10.0 Å². The molecule has 7 heteroatoms. The molecule has 0 fully saturated rings. The minimum Gasteiger partial charge on any atom is -0.355 e. The highest BCUT2D eigenvalue weighted by atomic mass is 32.2. The number of rotatable bonds is 5. The van der Waals surface area contributed by atoms with E-state index < -0.39 is 10.0 Å². The lowest BCUT2D eigenvalue weighted by Gasteiger charge is -2.14. The van der Waals surface area contributed by atoms with Gasteiger partial charge in [0.25, 0.3) is 5.91 Å². The molecule has 0 aliphatic carbocycles. The Balaban J connectivity index is 2.18. The summed E-state index contributed by atoms with van der Waals surface area (Å²) < 4.78 is 27.3. The Hall–Kier alpha value is -2.25. The normalized spacial score (nSPS) is 12.6. The van der Waals surface area contributed by atoms with Gasteiger partial charge in [0.15, 0.2) is 0 Å². The number of carbonyl (C=O) groups is 1. The summed E-state index contributed by atoms with van der Waals surface area (Å²) in [4.78, 5) is 15.5. The Labute approximate surface area is 129 Å². The minimum absolute atomic E-state index is 0.112. The number of benzene rings is 1. The van der Waals surface area contributed by atoms with Crippen molar-refractivity contribution in [2.75, 3.05) is 7.05 Å². The van der Waals surface area contributed by atoms with Crippen molar-refractivity contribution in [2.24, 2.45) is 0 Å². The van der Waals surface area contributed by atoms with Gasteiger partial charge in [-0.25, -0.2) is 13.1 Å². The number of nitrogens with zero attached hydrogens (tertiary/aromatic N) is 1. The molecule has 0 radical (unpaired) electrons. The standard InChI is InChI=1S/C15H17N3O3S/c1-11(12-7-9-17-10-8-12)18-22(20,21)14-5-3-13(4-6-14)15(19)16-2/h3-11,18H,1-2H3,(H,16,19). The predicted molar refractivity (Wildman–Crippen MR) is 82.8 cm³/mol. The summed E-state index contributed by atoms with van der Waals surface area (Å²) in [6, 6.07) is 8.89. The van der Waals surface area contributed by atoms with Crippen molar-refractivity contribution in [1.29, 1.82) is 0 Å². The van der Waals surface area contributed by atoms with Gasteiger partial charge in [0, 0.05) is 31.0 Å². The third-order valence-electron chi connectivity index (χ3n) is 3.19. The van der Waals surface area contributed by atoms with Gasteiger partial charge in [-0.15, -0.1) is 0 Å². The van der Waals surface area contributed by atoms with Gasteiger partial charge in [-0.1, -0.05) is 0 Å². The summed E-state index contributed by atoms with van der Waals surface area (Å²) in [6.07, 6.45) is 3.22. The SMILES string of the molecule is CNC(=O)c1ccc(S(=O)(=O)NC(C)c2ccncc2)cc1. The summed E-state index contributed by atoms with van der Waals surface area (Å²) in [5.74, 6) is -0.262. The molecule has 1 heterocycles. The van der Waals surface area contributed by atoms with Crippen molar-refractivity contribution >= 4 is 15.9 Å². The predicted octanol–water partition coefficient (Wildman–Crippen LogP) is 1.48. The lowest BCUT2D eigenvalue weighted by molar-refractivity contribution is 0.0963. The molecule has 6 nitrogen and oxygen atoms in total. The second kappa shape index (κ2) is 6.67. The Morgan fingerprint density at radius 3 is 2.23 bits per heavy atom. The van der Waals surface area contributed by atoms with E-state index in [-0.39, 0.29) is 16.8 Å². The second-order valence-electron chi connectivity index (χ2n) is 4.73. The lowest BCUT2D eigenvalue weighted by Crippen LogP contribution is -2.27. The number of hydrogen-bond acceptors (Lipinski definition) is 4. The number of nitrogens with one attached hydrogen (secondary N) is 2. The van der Waals surface area contributed by atoms with E-state index in [0.717, 1.165) is 5.56 Å². The summed E-state index contributed by atoms with van der Waals surface area (Å²) in [6.45, 7) is 1.76. The van der Waals surface area contributed by atoms with Crippen LogP contribution in [-0.4, -0.2) is 26.4 Å². The molecule has 1 aromatic carbocycles. The molecule has 0 aliphatic rings. The molecule has 0 spiro atoms. The molecule has 1 unspecified atom stereocenters. The summed E-state index contributed by atoms with van der Waals surface area (Å²) in [5.41, 5.74) is 1.23. The van der Waals surface area contributed by atoms with E-state index in [2.05, 4.69) is 15.0 Å². The van der Waals surface area contributed by atoms with Crippen LogP contribution in [0.2, 0.25) is 0 Å². The lowest BCUT2D eigenvalue weighted by atomic mass is 10.1. The third-order valence-corrected chi connectivity index (χ3v) is 4.75. The maximum Gasteiger partial charge on any atom is 0.251 e. The highest BCUT2D eigenvalue weighted by molar-refractivity contribution is 7.89. The van der Waals surface area contributed by atoms with Gasteiger partial charge in [-0.2, -0.15) is 0 Å². The van der Waals surface area contributed by atoms with Crippen molar-refractivity contribution < 1.29 is 13.2 Å². The number of hydrogen-bond donors (Lipinski definition) is 2. The first-order chi connectivity index (χ1) is 10.4. The van der Waals surface area contributed by atoms with Gasteiger partial charge < -0.3 is 5.32 Å². The average molecular weight is 319 g/mol. The highest BCUT2D eigenvalue weighted by Crippen LogP contribution is 2.16. The minimum atomic E-state index is -3.66.